The molecule has 0 atom stereocenters. The summed E-state index contributed by atoms with van der Waals surface area (Å²) < 4.78 is 22.7. The van der Waals surface area contributed by atoms with Crippen molar-refractivity contribution in [1.29, 1.82) is 0 Å². The van der Waals surface area contributed by atoms with Crippen LogP contribution >= 0.6 is 8.15 Å². The van der Waals surface area contributed by atoms with Gasteiger partial charge in [-0.2, -0.15) is 0 Å². The summed E-state index contributed by atoms with van der Waals surface area (Å²) in [7, 11) is -1.33. The summed E-state index contributed by atoms with van der Waals surface area (Å²) in [6, 6.07) is 31.4. The maximum absolute atomic E-state index is 14.7. The average molecular weight is 465 g/mol. The van der Waals surface area contributed by atoms with Gasteiger partial charge in [0.2, 0.25) is 5.65 Å². The Hall–Kier alpha value is -4.15. The Bertz CT molecular complexity index is 1680. The second-order valence-electron chi connectivity index (χ2n) is 7.67. The van der Waals surface area contributed by atoms with Crippen molar-refractivity contribution in [2.75, 3.05) is 0 Å². The maximum Gasteiger partial charge on any atom is 0.266 e. The lowest BCUT2D eigenvalue weighted by Gasteiger charge is -2.20. The van der Waals surface area contributed by atoms with Crippen LogP contribution in [-0.4, -0.2) is 14.4 Å². The van der Waals surface area contributed by atoms with E-state index in [-0.39, 0.29) is 28.0 Å². The molecule has 0 radical (unpaired) electrons. The molecule has 0 aliphatic heterocycles. The van der Waals surface area contributed by atoms with Crippen molar-refractivity contribution in [3.63, 3.8) is 0 Å². The van der Waals surface area contributed by atoms with Crippen molar-refractivity contribution in [3.05, 3.63) is 119 Å². The fraction of sp³-hybridized carbons (Fsp3) is 0. The molecule has 0 unspecified atom stereocenters. The molecule has 34 heavy (non-hydrogen) atoms. The summed E-state index contributed by atoms with van der Waals surface area (Å²) in [5, 5.41) is 2.16. The van der Waals surface area contributed by atoms with E-state index in [0.717, 1.165) is 10.6 Å². The minimum absolute atomic E-state index is 0.00168. The summed E-state index contributed by atoms with van der Waals surface area (Å²) in [6.45, 7) is 0. The minimum atomic E-state index is -1.33. The van der Waals surface area contributed by atoms with Gasteiger partial charge in [0.25, 0.3) is 11.4 Å². The molecule has 2 aromatic heterocycles. The maximum atomic E-state index is 14.7. The highest BCUT2D eigenvalue weighted by atomic mass is 31.1. The van der Waals surface area contributed by atoms with Gasteiger partial charge in [-0.05, 0) is 24.3 Å². The molecule has 0 aliphatic carbocycles. The Labute approximate surface area is 195 Å². The van der Waals surface area contributed by atoms with Gasteiger partial charge in [0.05, 0.1) is 16.4 Å². The number of aromatic nitrogens is 3. The zero-order chi connectivity index (χ0) is 23.1. The van der Waals surface area contributed by atoms with Crippen LogP contribution in [-0.2, 0) is 0 Å². The third-order valence-corrected chi connectivity index (χ3v) is 7.43. The molecular weight excluding hydrogens is 448 g/mol. The van der Waals surface area contributed by atoms with E-state index in [1.54, 1.807) is 12.1 Å². The summed E-state index contributed by atoms with van der Waals surface area (Å²) in [6.07, 6.45) is 0. The number of nitrogens with zero attached hydrogens (tertiary/aromatic N) is 3. The third kappa shape index (κ3) is 3.40. The second-order valence-corrected chi connectivity index (χ2v) is 9.48. The van der Waals surface area contributed by atoms with Crippen LogP contribution in [0.2, 0.25) is 0 Å². The second kappa shape index (κ2) is 8.32. The number of hydrogen-bond acceptors (Lipinski definition) is 4. The van der Waals surface area contributed by atoms with Gasteiger partial charge in [-0.15, -0.1) is 0 Å². The van der Waals surface area contributed by atoms with Crippen LogP contribution in [0.5, 0.6) is 5.88 Å². The Balaban J connectivity index is 1.66. The van der Waals surface area contributed by atoms with Gasteiger partial charge < -0.3 is 4.52 Å². The van der Waals surface area contributed by atoms with Crippen molar-refractivity contribution in [2.24, 2.45) is 0 Å². The molecule has 0 aliphatic rings. The normalized spacial score (nSPS) is 11.5. The molecule has 7 heteroatoms. The molecule has 0 bridgehead atoms. The molecule has 0 fully saturated rings. The Morgan fingerprint density at radius 2 is 1.38 bits per heavy atom. The Kier molecular flexibility index (Phi) is 5.01. The van der Waals surface area contributed by atoms with E-state index in [1.807, 2.05) is 78.9 Å². The van der Waals surface area contributed by atoms with Gasteiger partial charge in [0, 0.05) is 10.6 Å². The molecule has 4 aromatic carbocycles. The summed E-state index contributed by atoms with van der Waals surface area (Å²) >= 11 is 0. The Morgan fingerprint density at radius 3 is 2.09 bits per heavy atom. The molecule has 0 spiro atoms. The molecule has 6 aromatic rings. The molecule has 5 nitrogen and oxygen atoms in total. The Morgan fingerprint density at radius 1 is 0.735 bits per heavy atom. The van der Waals surface area contributed by atoms with Crippen LogP contribution in [0, 0.1) is 5.82 Å². The molecule has 2 heterocycles. The van der Waals surface area contributed by atoms with E-state index in [0.29, 0.717) is 11.0 Å². The van der Waals surface area contributed by atoms with E-state index in [4.69, 9.17) is 9.51 Å². The predicted molar refractivity (Wildman–Crippen MR) is 134 cm³/mol. The van der Waals surface area contributed by atoms with E-state index in [9.17, 15) is 9.18 Å². The van der Waals surface area contributed by atoms with Gasteiger partial charge in [-0.1, -0.05) is 78.9 Å². The fourth-order valence-electron chi connectivity index (χ4n) is 3.98. The predicted octanol–water partition coefficient (Wildman–Crippen LogP) is 4.96. The van der Waals surface area contributed by atoms with Crippen molar-refractivity contribution in [1.82, 2.24) is 14.4 Å². The van der Waals surface area contributed by atoms with Gasteiger partial charge in [0.1, 0.15) is 11.3 Å². The summed E-state index contributed by atoms with van der Waals surface area (Å²) in [5.41, 5.74) is 0.975. The number of benzene rings is 4. The first-order valence-electron chi connectivity index (χ1n) is 10.7. The highest BCUT2D eigenvalue weighted by molar-refractivity contribution is 7.68. The summed E-state index contributed by atoms with van der Waals surface area (Å²) in [4.78, 5) is 22.8. The van der Waals surface area contributed by atoms with Crippen LogP contribution < -0.4 is 20.7 Å². The van der Waals surface area contributed by atoms with Gasteiger partial charge in [-0.25, -0.2) is 14.4 Å². The van der Waals surface area contributed by atoms with E-state index >= 15 is 0 Å². The first kappa shape index (κ1) is 20.5. The van der Waals surface area contributed by atoms with Gasteiger partial charge >= 0.3 is 0 Å². The van der Waals surface area contributed by atoms with Crippen molar-refractivity contribution >= 4 is 46.3 Å². The highest BCUT2D eigenvalue weighted by Crippen LogP contribution is 2.38. The number of halogens is 1. The third-order valence-electron chi connectivity index (χ3n) is 5.54. The number of rotatable bonds is 4. The molecule has 0 saturated heterocycles. The zero-order valence-electron chi connectivity index (χ0n) is 17.8. The monoisotopic (exact) mass is 465 g/mol. The van der Waals surface area contributed by atoms with Crippen molar-refractivity contribution in [2.45, 2.75) is 0 Å². The lowest BCUT2D eigenvalue weighted by molar-refractivity contribution is 0.604. The molecule has 0 amide bonds. The zero-order valence-corrected chi connectivity index (χ0v) is 18.7. The van der Waals surface area contributed by atoms with Crippen LogP contribution in [0.3, 0.4) is 0 Å². The number of fused-ring (bicyclic) bond motifs is 4. The van der Waals surface area contributed by atoms with Crippen LogP contribution in [0.25, 0.3) is 27.6 Å². The van der Waals surface area contributed by atoms with E-state index in [2.05, 4.69) is 4.98 Å². The van der Waals surface area contributed by atoms with Crippen molar-refractivity contribution in [3.8, 4) is 5.88 Å². The van der Waals surface area contributed by atoms with Crippen LogP contribution in [0.4, 0.5) is 4.39 Å². The molecule has 164 valence electrons. The standard InChI is InChI=1S/C27H17FN3O2P/c28-21-15-9-14-20-24(21)30-25-26(29-22-16-7-8-17-23(22)31(25)27(20)32)33-34(18-10-3-1-4-11-18)19-12-5-2-6-13-19/h1-17H. The number of para-hydroxylation sites is 3. The molecular formula is C27H17FN3O2P. The largest absolute Gasteiger partial charge is 0.444 e. The average Bonchev–Trinajstić information content (AvgIpc) is 2.89. The molecule has 6 rings (SSSR count). The SMILES string of the molecule is O=c1c2cccc(F)c2nc2c(OP(c3ccccc3)c3ccccc3)nc3ccccc3n12. The van der Waals surface area contributed by atoms with Crippen LogP contribution in [0.1, 0.15) is 0 Å². The lowest BCUT2D eigenvalue weighted by Crippen LogP contribution is -2.20. The van der Waals surface area contributed by atoms with Crippen molar-refractivity contribution < 1.29 is 8.91 Å². The smallest absolute Gasteiger partial charge is 0.266 e. The highest BCUT2D eigenvalue weighted by Gasteiger charge is 2.22. The topological polar surface area (TPSA) is 56.5 Å². The quantitative estimate of drug-likeness (QED) is 0.210. The van der Waals surface area contributed by atoms with E-state index in [1.165, 1.54) is 16.5 Å². The fourth-order valence-corrected chi connectivity index (χ4v) is 5.67. The summed E-state index contributed by atoms with van der Waals surface area (Å²) in [5.74, 6) is -0.385. The number of hydrogen-bond donors (Lipinski definition) is 0. The first-order chi connectivity index (χ1) is 16.7. The first-order valence-corrected chi connectivity index (χ1v) is 11.9. The minimum Gasteiger partial charge on any atom is -0.444 e. The van der Waals surface area contributed by atoms with Gasteiger partial charge in [0.15, 0.2) is 8.15 Å². The lowest BCUT2D eigenvalue weighted by atomic mass is 10.2. The van der Waals surface area contributed by atoms with Gasteiger partial charge in [-0.3, -0.25) is 9.20 Å². The molecule has 0 saturated carbocycles. The van der Waals surface area contributed by atoms with Crippen LogP contribution in [0.15, 0.2) is 108 Å². The van der Waals surface area contributed by atoms with E-state index < -0.39 is 14.0 Å². The molecule has 0 N–H and O–H groups in total.